The Labute approximate surface area is 99.8 Å². The van der Waals surface area contributed by atoms with Crippen LogP contribution in [0.5, 0.6) is 0 Å². The maximum atomic E-state index is 13.2. The molecule has 3 nitrogen and oxygen atoms in total. The van der Waals surface area contributed by atoms with Crippen molar-refractivity contribution in [2.45, 2.75) is 12.7 Å². The molecule has 0 unspecified atom stereocenters. The van der Waals surface area contributed by atoms with Gasteiger partial charge < -0.3 is 5.32 Å². The number of nitrogens with one attached hydrogen (secondary N) is 2. The van der Waals surface area contributed by atoms with Crippen LogP contribution in [0.2, 0.25) is 0 Å². The normalized spacial score (nSPS) is 11.6. The molecule has 2 N–H and O–H groups in total. The van der Waals surface area contributed by atoms with E-state index >= 15 is 0 Å². The summed E-state index contributed by atoms with van der Waals surface area (Å²) in [5.41, 5.74) is -0.543. The van der Waals surface area contributed by atoms with Gasteiger partial charge in [-0.15, -0.1) is 0 Å². The summed E-state index contributed by atoms with van der Waals surface area (Å²) in [7, 11) is 0. The molecule has 0 radical (unpaired) electrons. The number of benzene rings is 1. The lowest BCUT2D eigenvalue weighted by atomic mass is 10.3. The number of rotatable bonds is 3. The van der Waals surface area contributed by atoms with Crippen LogP contribution in [0.4, 0.5) is 23.2 Å². The molecule has 0 atom stereocenters. The highest BCUT2D eigenvalue weighted by atomic mass is 19.4. The molecular formula is C11H9F4N3. The molecule has 1 heterocycles. The lowest BCUT2D eigenvalue weighted by molar-refractivity contribution is -0.141. The van der Waals surface area contributed by atoms with Crippen molar-refractivity contribution < 1.29 is 17.6 Å². The van der Waals surface area contributed by atoms with Gasteiger partial charge in [-0.2, -0.15) is 18.3 Å². The van der Waals surface area contributed by atoms with Gasteiger partial charge in [0.2, 0.25) is 0 Å². The number of alkyl halides is 3. The molecule has 7 heteroatoms. The largest absolute Gasteiger partial charge is 0.435 e. The van der Waals surface area contributed by atoms with E-state index in [0.29, 0.717) is 0 Å². The minimum absolute atomic E-state index is 0.0318. The molecule has 0 bridgehead atoms. The first-order valence-electron chi connectivity index (χ1n) is 5.06. The maximum absolute atomic E-state index is 13.2. The molecule has 18 heavy (non-hydrogen) atoms. The zero-order chi connectivity index (χ0) is 13.2. The van der Waals surface area contributed by atoms with E-state index < -0.39 is 17.7 Å². The fourth-order valence-corrected chi connectivity index (χ4v) is 1.39. The molecule has 0 aliphatic heterocycles. The number of aromatic nitrogens is 2. The van der Waals surface area contributed by atoms with Gasteiger partial charge in [-0.05, 0) is 18.2 Å². The van der Waals surface area contributed by atoms with Crippen molar-refractivity contribution in [3.63, 3.8) is 0 Å². The summed E-state index contributed by atoms with van der Waals surface area (Å²) in [4.78, 5) is 0. The lowest BCUT2D eigenvalue weighted by Gasteiger charge is -2.05. The van der Waals surface area contributed by atoms with Crippen molar-refractivity contribution in [3.8, 4) is 0 Å². The van der Waals surface area contributed by atoms with E-state index in [4.69, 9.17) is 0 Å². The van der Waals surface area contributed by atoms with Gasteiger partial charge in [0.05, 0.1) is 17.9 Å². The third-order valence-electron chi connectivity index (χ3n) is 2.26. The van der Waals surface area contributed by atoms with Crippen molar-refractivity contribution in [2.75, 3.05) is 5.32 Å². The SMILES string of the molecule is Fc1ccccc1NCc1cc(C(F)(F)F)n[nH]1. The number of hydrogen-bond donors (Lipinski definition) is 2. The van der Waals surface area contributed by atoms with Crippen LogP contribution < -0.4 is 5.32 Å². The van der Waals surface area contributed by atoms with E-state index in [1.165, 1.54) is 18.2 Å². The molecule has 0 spiro atoms. The molecule has 96 valence electrons. The fraction of sp³-hybridized carbons (Fsp3) is 0.182. The zero-order valence-electron chi connectivity index (χ0n) is 9.05. The van der Waals surface area contributed by atoms with E-state index in [1.807, 2.05) is 0 Å². The molecule has 1 aromatic carbocycles. The summed E-state index contributed by atoms with van der Waals surface area (Å²) < 4.78 is 50.0. The summed E-state index contributed by atoms with van der Waals surface area (Å²) in [6, 6.07) is 6.79. The van der Waals surface area contributed by atoms with Crippen LogP contribution in [0, 0.1) is 5.82 Å². The van der Waals surface area contributed by atoms with E-state index in [9.17, 15) is 17.6 Å². The maximum Gasteiger partial charge on any atom is 0.435 e. The Morgan fingerprint density at radius 1 is 1.22 bits per heavy atom. The Hall–Kier alpha value is -2.05. The minimum atomic E-state index is -4.48. The lowest BCUT2D eigenvalue weighted by Crippen LogP contribution is -2.05. The highest BCUT2D eigenvalue weighted by Crippen LogP contribution is 2.27. The smallest absolute Gasteiger partial charge is 0.377 e. The molecule has 0 saturated carbocycles. The number of anilines is 1. The molecular weight excluding hydrogens is 250 g/mol. The first-order chi connectivity index (χ1) is 8.47. The molecule has 0 aliphatic carbocycles. The van der Waals surface area contributed by atoms with Gasteiger partial charge in [-0.3, -0.25) is 5.10 Å². The number of aromatic amines is 1. The van der Waals surface area contributed by atoms with Gasteiger partial charge in [0.25, 0.3) is 0 Å². The number of para-hydroxylation sites is 1. The summed E-state index contributed by atoms with van der Waals surface area (Å²) >= 11 is 0. The Kier molecular flexibility index (Phi) is 3.22. The van der Waals surface area contributed by atoms with Gasteiger partial charge in [0, 0.05) is 0 Å². The molecule has 0 amide bonds. The fourth-order valence-electron chi connectivity index (χ4n) is 1.39. The Morgan fingerprint density at radius 2 is 1.94 bits per heavy atom. The molecule has 2 aromatic rings. The van der Waals surface area contributed by atoms with Crippen molar-refractivity contribution in [1.82, 2.24) is 10.2 Å². The Morgan fingerprint density at radius 3 is 2.56 bits per heavy atom. The Balaban J connectivity index is 2.03. The van der Waals surface area contributed by atoms with Gasteiger partial charge in [-0.1, -0.05) is 12.1 Å². The Bertz CT molecular complexity index is 533. The first-order valence-corrected chi connectivity index (χ1v) is 5.06. The molecule has 0 aliphatic rings. The quantitative estimate of drug-likeness (QED) is 0.831. The second-order valence-corrected chi connectivity index (χ2v) is 3.61. The van der Waals surface area contributed by atoms with Gasteiger partial charge >= 0.3 is 6.18 Å². The topological polar surface area (TPSA) is 40.7 Å². The summed E-state index contributed by atoms with van der Waals surface area (Å²) in [6.07, 6.45) is -4.48. The van der Waals surface area contributed by atoms with Gasteiger partial charge in [-0.25, -0.2) is 4.39 Å². The van der Waals surface area contributed by atoms with Crippen LogP contribution in [-0.2, 0) is 12.7 Å². The van der Waals surface area contributed by atoms with E-state index in [-0.39, 0.29) is 17.9 Å². The second-order valence-electron chi connectivity index (χ2n) is 3.61. The van der Waals surface area contributed by atoms with Crippen LogP contribution in [0.1, 0.15) is 11.4 Å². The van der Waals surface area contributed by atoms with Crippen molar-refractivity contribution in [2.24, 2.45) is 0 Å². The summed E-state index contributed by atoms with van der Waals surface area (Å²) in [5, 5.41) is 8.07. The third-order valence-corrected chi connectivity index (χ3v) is 2.26. The number of H-pyrrole nitrogens is 1. The van der Waals surface area contributed by atoms with Crippen molar-refractivity contribution in [3.05, 3.63) is 47.5 Å². The molecule has 0 fully saturated rings. The number of nitrogens with zero attached hydrogens (tertiary/aromatic N) is 1. The number of hydrogen-bond acceptors (Lipinski definition) is 2. The predicted octanol–water partition coefficient (Wildman–Crippen LogP) is 3.18. The van der Waals surface area contributed by atoms with Crippen LogP contribution >= 0.6 is 0 Å². The van der Waals surface area contributed by atoms with Gasteiger partial charge in [0.15, 0.2) is 5.69 Å². The highest BCUT2D eigenvalue weighted by molar-refractivity contribution is 5.44. The van der Waals surface area contributed by atoms with Crippen LogP contribution in [-0.4, -0.2) is 10.2 Å². The molecule has 0 saturated heterocycles. The van der Waals surface area contributed by atoms with Crippen LogP contribution in [0.25, 0.3) is 0 Å². The first kappa shape index (κ1) is 12.4. The highest BCUT2D eigenvalue weighted by Gasteiger charge is 2.33. The van der Waals surface area contributed by atoms with Gasteiger partial charge in [0.1, 0.15) is 5.82 Å². The summed E-state index contributed by atoms with van der Waals surface area (Å²) in [5.74, 6) is -0.465. The van der Waals surface area contributed by atoms with Crippen molar-refractivity contribution in [1.29, 1.82) is 0 Å². The van der Waals surface area contributed by atoms with E-state index in [1.54, 1.807) is 6.07 Å². The average Bonchev–Trinajstić information content (AvgIpc) is 2.76. The zero-order valence-corrected chi connectivity index (χ0v) is 9.05. The van der Waals surface area contributed by atoms with Crippen LogP contribution in [0.15, 0.2) is 30.3 Å². The minimum Gasteiger partial charge on any atom is -0.377 e. The van der Waals surface area contributed by atoms with Crippen molar-refractivity contribution >= 4 is 5.69 Å². The summed E-state index contributed by atoms with van der Waals surface area (Å²) in [6.45, 7) is 0.0318. The third kappa shape index (κ3) is 2.79. The molecule has 1 aromatic heterocycles. The van der Waals surface area contributed by atoms with E-state index in [0.717, 1.165) is 6.07 Å². The second kappa shape index (κ2) is 4.67. The van der Waals surface area contributed by atoms with Crippen LogP contribution in [0.3, 0.4) is 0 Å². The predicted molar refractivity (Wildman–Crippen MR) is 57.3 cm³/mol. The average molecular weight is 259 g/mol. The standard InChI is InChI=1S/C11H9F4N3/c12-8-3-1-2-4-9(8)16-6-7-5-10(18-17-7)11(13,14)15/h1-5,16H,6H2,(H,17,18). The van der Waals surface area contributed by atoms with E-state index in [2.05, 4.69) is 15.5 Å². The number of halogens is 4. The monoisotopic (exact) mass is 259 g/mol. The molecule has 2 rings (SSSR count).